The van der Waals surface area contributed by atoms with Gasteiger partial charge >= 0.3 is 0 Å². The van der Waals surface area contributed by atoms with Crippen molar-refractivity contribution >= 4 is 0 Å². The number of unbranched alkanes of at least 4 members (excludes halogenated alkanes) is 6. The van der Waals surface area contributed by atoms with Gasteiger partial charge < -0.3 is 5.32 Å². The minimum absolute atomic E-state index is 0.377. The fourth-order valence-electron chi connectivity index (χ4n) is 1.97. The van der Waals surface area contributed by atoms with Crippen LogP contribution < -0.4 is 5.32 Å². The van der Waals surface area contributed by atoms with E-state index in [4.69, 9.17) is 0 Å². The van der Waals surface area contributed by atoms with Crippen LogP contribution in [0.25, 0.3) is 0 Å². The largest absolute Gasteiger partial charge is 0.312 e. The molecule has 0 bridgehead atoms. The fourth-order valence-corrected chi connectivity index (χ4v) is 1.97. The van der Waals surface area contributed by atoms with Crippen LogP contribution in [-0.2, 0) is 0 Å². The Kier molecular flexibility index (Phi) is 10.1. The highest BCUT2D eigenvalue weighted by atomic mass is 15.0. The van der Waals surface area contributed by atoms with E-state index in [0.717, 1.165) is 0 Å². The van der Waals surface area contributed by atoms with E-state index in [9.17, 15) is 0 Å². The zero-order chi connectivity index (χ0) is 12.3. The van der Waals surface area contributed by atoms with E-state index in [1.165, 1.54) is 64.3 Å². The summed E-state index contributed by atoms with van der Waals surface area (Å²) in [4.78, 5) is 0. The molecule has 1 N–H and O–H groups in total. The van der Waals surface area contributed by atoms with E-state index >= 15 is 0 Å². The van der Waals surface area contributed by atoms with Crippen LogP contribution in [-0.4, -0.2) is 12.1 Å². The number of nitrogens with one attached hydrogen (secondary N) is 1. The lowest BCUT2D eigenvalue weighted by atomic mass is 9.95. The normalized spacial score (nSPS) is 12.0. The molecule has 0 saturated heterocycles. The van der Waals surface area contributed by atoms with Crippen LogP contribution in [0.5, 0.6) is 0 Å². The summed E-state index contributed by atoms with van der Waals surface area (Å²) >= 11 is 0. The maximum Gasteiger partial charge on any atom is 0.0148 e. The molecule has 0 aromatic rings. The quantitative estimate of drug-likeness (QED) is 0.495. The van der Waals surface area contributed by atoms with Gasteiger partial charge in [0.25, 0.3) is 0 Å². The van der Waals surface area contributed by atoms with E-state index < -0.39 is 0 Å². The maximum absolute atomic E-state index is 3.70. The Morgan fingerprint density at radius 2 is 1.25 bits per heavy atom. The fraction of sp³-hybridized carbons (Fsp3) is 1.00. The average molecular weight is 227 g/mol. The number of hydrogen-bond donors (Lipinski definition) is 1. The molecule has 0 saturated carbocycles. The molecule has 1 heteroatoms. The van der Waals surface area contributed by atoms with Crippen LogP contribution in [0, 0.1) is 0 Å². The highest BCUT2D eigenvalue weighted by Gasteiger charge is 2.17. The highest BCUT2D eigenvalue weighted by Crippen LogP contribution is 2.13. The molecule has 0 radical (unpaired) electrons. The van der Waals surface area contributed by atoms with Gasteiger partial charge in [0, 0.05) is 5.54 Å². The second-order valence-corrected chi connectivity index (χ2v) is 5.32. The molecule has 0 heterocycles. The van der Waals surface area contributed by atoms with Crippen LogP contribution in [0.4, 0.5) is 0 Å². The second kappa shape index (κ2) is 10.1. The predicted octanol–water partition coefficient (Wildman–Crippen LogP) is 4.91. The molecule has 0 aromatic heterocycles. The third-order valence-electron chi connectivity index (χ3n) is 3.89. The molecule has 0 unspecified atom stereocenters. The minimum Gasteiger partial charge on any atom is -0.312 e. The highest BCUT2D eigenvalue weighted by molar-refractivity contribution is 4.79. The Morgan fingerprint density at radius 3 is 1.75 bits per heavy atom. The van der Waals surface area contributed by atoms with Crippen LogP contribution in [0.2, 0.25) is 0 Å². The molecule has 98 valence electrons. The molecule has 0 fully saturated rings. The minimum atomic E-state index is 0.377. The first-order chi connectivity index (χ1) is 7.68. The Bertz CT molecular complexity index is 138. The van der Waals surface area contributed by atoms with Gasteiger partial charge in [-0.2, -0.15) is 0 Å². The Labute approximate surface area is 103 Å². The molecular formula is C15H33N. The Hall–Kier alpha value is -0.0400. The van der Waals surface area contributed by atoms with Crippen LogP contribution in [0.15, 0.2) is 0 Å². The molecule has 0 aromatic carbocycles. The SMILES string of the molecule is CCCCCCCCCNC(C)(CC)CC. The van der Waals surface area contributed by atoms with Crippen molar-refractivity contribution in [3.8, 4) is 0 Å². The average Bonchev–Trinajstić information content (AvgIpc) is 2.32. The smallest absolute Gasteiger partial charge is 0.0148 e. The third kappa shape index (κ3) is 8.15. The lowest BCUT2D eigenvalue weighted by Crippen LogP contribution is -2.41. The summed E-state index contributed by atoms with van der Waals surface area (Å²) in [5.41, 5.74) is 0.377. The molecular weight excluding hydrogens is 194 g/mol. The van der Waals surface area contributed by atoms with Crippen molar-refractivity contribution in [2.24, 2.45) is 0 Å². The third-order valence-corrected chi connectivity index (χ3v) is 3.89. The summed E-state index contributed by atoms with van der Waals surface area (Å²) < 4.78 is 0. The van der Waals surface area contributed by atoms with Crippen molar-refractivity contribution < 1.29 is 0 Å². The van der Waals surface area contributed by atoms with Gasteiger partial charge in [0.05, 0.1) is 0 Å². The van der Waals surface area contributed by atoms with Crippen LogP contribution in [0.3, 0.4) is 0 Å². The van der Waals surface area contributed by atoms with Crippen molar-refractivity contribution in [3.05, 3.63) is 0 Å². The zero-order valence-corrected chi connectivity index (χ0v) is 12.1. The summed E-state index contributed by atoms with van der Waals surface area (Å²) in [6, 6.07) is 0. The van der Waals surface area contributed by atoms with Gasteiger partial charge in [-0.3, -0.25) is 0 Å². The van der Waals surface area contributed by atoms with Gasteiger partial charge in [-0.1, -0.05) is 59.3 Å². The van der Waals surface area contributed by atoms with Crippen LogP contribution >= 0.6 is 0 Å². The first-order valence-corrected chi connectivity index (χ1v) is 7.43. The van der Waals surface area contributed by atoms with Gasteiger partial charge in [0.15, 0.2) is 0 Å². The molecule has 1 nitrogen and oxygen atoms in total. The zero-order valence-electron chi connectivity index (χ0n) is 12.1. The molecule has 0 rings (SSSR count). The lowest BCUT2D eigenvalue weighted by molar-refractivity contribution is 0.328. The Morgan fingerprint density at radius 1 is 0.750 bits per heavy atom. The number of hydrogen-bond acceptors (Lipinski definition) is 1. The predicted molar refractivity (Wildman–Crippen MR) is 75.0 cm³/mol. The van der Waals surface area contributed by atoms with E-state index in [-0.39, 0.29) is 0 Å². The van der Waals surface area contributed by atoms with Crippen molar-refractivity contribution in [2.75, 3.05) is 6.54 Å². The van der Waals surface area contributed by atoms with E-state index in [1.54, 1.807) is 0 Å². The summed E-state index contributed by atoms with van der Waals surface area (Å²) in [5.74, 6) is 0. The number of rotatable bonds is 11. The lowest BCUT2D eigenvalue weighted by Gasteiger charge is -2.28. The van der Waals surface area contributed by atoms with Crippen molar-refractivity contribution in [1.82, 2.24) is 5.32 Å². The van der Waals surface area contributed by atoms with Crippen molar-refractivity contribution in [2.45, 2.75) is 91.0 Å². The van der Waals surface area contributed by atoms with E-state index in [1.807, 2.05) is 0 Å². The molecule has 16 heavy (non-hydrogen) atoms. The first kappa shape index (κ1) is 16.0. The Balaban J connectivity index is 3.26. The summed E-state index contributed by atoms with van der Waals surface area (Å²) in [5, 5.41) is 3.70. The first-order valence-electron chi connectivity index (χ1n) is 7.43. The van der Waals surface area contributed by atoms with E-state index in [2.05, 4.69) is 33.0 Å². The summed E-state index contributed by atoms with van der Waals surface area (Å²) in [6.07, 6.45) is 12.3. The van der Waals surface area contributed by atoms with Gasteiger partial charge in [-0.05, 0) is 32.7 Å². The maximum atomic E-state index is 3.70. The molecule has 0 amide bonds. The second-order valence-electron chi connectivity index (χ2n) is 5.32. The van der Waals surface area contributed by atoms with Gasteiger partial charge in [-0.15, -0.1) is 0 Å². The topological polar surface area (TPSA) is 12.0 Å². The van der Waals surface area contributed by atoms with Gasteiger partial charge in [-0.25, -0.2) is 0 Å². The summed E-state index contributed by atoms with van der Waals surface area (Å²) in [7, 11) is 0. The van der Waals surface area contributed by atoms with Crippen molar-refractivity contribution in [1.29, 1.82) is 0 Å². The van der Waals surface area contributed by atoms with Crippen LogP contribution in [0.1, 0.15) is 85.5 Å². The molecule has 0 aliphatic heterocycles. The monoisotopic (exact) mass is 227 g/mol. The van der Waals surface area contributed by atoms with E-state index in [0.29, 0.717) is 5.54 Å². The molecule has 0 atom stereocenters. The van der Waals surface area contributed by atoms with Gasteiger partial charge in [0.2, 0.25) is 0 Å². The summed E-state index contributed by atoms with van der Waals surface area (Å²) in [6.45, 7) is 10.4. The van der Waals surface area contributed by atoms with Crippen molar-refractivity contribution in [3.63, 3.8) is 0 Å². The van der Waals surface area contributed by atoms with Gasteiger partial charge in [0.1, 0.15) is 0 Å². The molecule has 0 spiro atoms. The molecule has 0 aliphatic carbocycles. The molecule has 0 aliphatic rings. The standard InChI is InChI=1S/C15H33N/c1-5-8-9-10-11-12-13-14-16-15(4,6-2)7-3/h16H,5-14H2,1-4H3.